The zero-order valence-corrected chi connectivity index (χ0v) is 17.6. The summed E-state index contributed by atoms with van der Waals surface area (Å²) in [5.74, 6) is -25.6. The van der Waals surface area contributed by atoms with Gasteiger partial charge in [-0.15, -0.1) is 0 Å². The molecular formula is C18H4F20O2. The molecule has 0 saturated carbocycles. The van der Waals surface area contributed by atoms with Crippen LogP contribution in [0, 0.1) is 28.7 Å². The third kappa shape index (κ3) is 3.87. The van der Waals surface area contributed by atoms with Gasteiger partial charge in [-0.1, -0.05) is 0 Å². The van der Waals surface area contributed by atoms with Crippen molar-refractivity contribution in [2.24, 2.45) is 5.41 Å². The third-order valence-electron chi connectivity index (χ3n) is 5.75. The molecule has 40 heavy (non-hydrogen) atoms. The number of benzene rings is 1. The maximum Gasteiger partial charge on any atom is 0.427 e. The first-order valence-corrected chi connectivity index (χ1v) is 9.16. The summed E-state index contributed by atoms with van der Waals surface area (Å²) in [6.45, 7) is 0. The van der Waals surface area contributed by atoms with Gasteiger partial charge in [-0.05, 0) is 6.07 Å². The predicted molar refractivity (Wildman–Crippen MR) is 85.0 cm³/mol. The van der Waals surface area contributed by atoms with E-state index in [2.05, 4.69) is 0 Å². The minimum absolute atomic E-state index is 1.01. The third-order valence-corrected chi connectivity index (χ3v) is 5.75. The lowest BCUT2D eigenvalue weighted by Crippen LogP contribution is -2.83. The molecular weight excluding hydrogens is 628 g/mol. The van der Waals surface area contributed by atoms with Crippen molar-refractivity contribution in [3.63, 3.8) is 0 Å². The van der Waals surface area contributed by atoms with Gasteiger partial charge in [0.1, 0.15) is 5.83 Å². The van der Waals surface area contributed by atoms with Gasteiger partial charge in [0.05, 0.1) is 5.57 Å². The van der Waals surface area contributed by atoms with Crippen molar-refractivity contribution in [3.8, 4) is 0 Å². The highest BCUT2D eigenvalue weighted by molar-refractivity contribution is 5.82. The molecule has 1 unspecified atom stereocenters. The molecule has 0 bridgehead atoms. The number of hydrogen-bond acceptors (Lipinski definition) is 2. The molecule has 2 rings (SSSR count). The Morgan fingerprint density at radius 2 is 0.925 bits per heavy atom. The van der Waals surface area contributed by atoms with E-state index < -0.39 is 105 Å². The largest absolute Gasteiger partial charge is 0.427 e. The van der Waals surface area contributed by atoms with Crippen molar-refractivity contribution >= 4 is 5.57 Å². The first kappa shape index (κ1) is 33.4. The molecule has 0 amide bonds. The molecule has 1 aromatic carbocycles. The Bertz CT molecular complexity index is 1190. The molecule has 2 nitrogen and oxygen atoms in total. The van der Waals surface area contributed by atoms with Crippen molar-refractivity contribution in [1.29, 1.82) is 0 Å². The highest BCUT2D eigenvalue weighted by atomic mass is 19.4. The SMILES string of the molecule is OC(C(F)(F)F)(C(F)(F)F)C1(C(O)(C(F)(F)F)C(F)(F)F)C(F)=C(F)C(c2cc(F)c(F)c(F)c2F)=C(F)C1F. The molecule has 0 aromatic heterocycles. The maximum absolute atomic E-state index is 15.2. The first-order chi connectivity index (χ1) is 17.5. The molecule has 0 radical (unpaired) electrons. The average Bonchev–Trinajstić information content (AvgIpc) is 2.76. The zero-order chi connectivity index (χ0) is 32.0. The van der Waals surface area contributed by atoms with Gasteiger partial charge in [-0.2, -0.15) is 52.7 Å². The first-order valence-electron chi connectivity index (χ1n) is 9.16. The van der Waals surface area contributed by atoms with Gasteiger partial charge in [0, 0.05) is 5.56 Å². The van der Waals surface area contributed by atoms with Gasteiger partial charge in [-0.25, -0.2) is 35.1 Å². The molecule has 2 N–H and O–H groups in total. The van der Waals surface area contributed by atoms with E-state index in [0.717, 1.165) is 0 Å². The summed E-state index contributed by atoms with van der Waals surface area (Å²) in [4.78, 5) is 0. The molecule has 0 aliphatic heterocycles. The van der Waals surface area contributed by atoms with Crippen LogP contribution < -0.4 is 0 Å². The van der Waals surface area contributed by atoms with Crippen LogP contribution in [-0.4, -0.2) is 52.3 Å². The molecule has 1 atom stereocenters. The van der Waals surface area contributed by atoms with Crippen molar-refractivity contribution in [3.05, 3.63) is 52.4 Å². The van der Waals surface area contributed by atoms with Gasteiger partial charge < -0.3 is 10.2 Å². The fraction of sp³-hybridized carbons (Fsp3) is 0.444. The van der Waals surface area contributed by atoms with Crippen LogP contribution in [0.2, 0.25) is 0 Å². The predicted octanol–water partition coefficient (Wildman–Crippen LogP) is 7.12. The highest BCUT2D eigenvalue weighted by Crippen LogP contribution is 2.72. The summed E-state index contributed by atoms with van der Waals surface area (Å²) in [5.41, 5.74) is -30.5. The molecule has 0 spiro atoms. The molecule has 0 heterocycles. The van der Waals surface area contributed by atoms with Gasteiger partial charge in [-0.3, -0.25) is 0 Å². The lowest BCUT2D eigenvalue weighted by atomic mass is 9.54. The summed E-state index contributed by atoms with van der Waals surface area (Å²) in [6, 6.07) is -1.01. The van der Waals surface area contributed by atoms with Gasteiger partial charge in [0.2, 0.25) is 0 Å². The molecule has 22 heteroatoms. The van der Waals surface area contributed by atoms with Crippen LogP contribution in [-0.2, 0) is 0 Å². The van der Waals surface area contributed by atoms with E-state index in [1.165, 1.54) is 0 Å². The molecule has 1 aliphatic carbocycles. The van der Waals surface area contributed by atoms with E-state index in [9.17, 15) is 89.2 Å². The summed E-state index contributed by atoms with van der Waals surface area (Å²) >= 11 is 0. The van der Waals surface area contributed by atoms with Crippen molar-refractivity contribution in [1.82, 2.24) is 0 Å². The second-order valence-corrected chi connectivity index (χ2v) is 7.78. The van der Waals surface area contributed by atoms with E-state index in [0.29, 0.717) is 0 Å². The normalized spacial score (nSPS) is 20.0. The Morgan fingerprint density at radius 3 is 1.25 bits per heavy atom. The Labute approximate surface area is 204 Å². The standard InChI is InChI=1S/C18H4F20O2/c19-3-1-2(5(20)9(24)6(3)21)4-7(22)10(25)12(11(26)8(4)23,13(39,15(27,28)29)16(30,31)32)14(40,17(33,34)35)18(36,37)38/h1,10,39-40H. The van der Waals surface area contributed by atoms with E-state index in [-0.39, 0.29) is 0 Å². The monoisotopic (exact) mass is 632 g/mol. The Balaban J connectivity index is 3.40. The van der Waals surface area contributed by atoms with Crippen molar-refractivity contribution in [2.75, 3.05) is 0 Å². The summed E-state index contributed by atoms with van der Waals surface area (Å²) in [7, 11) is 0. The number of hydrogen-bond donors (Lipinski definition) is 2. The van der Waals surface area contributed by atoms with Crippen LogP contribution in [0.4, 0.5) is 87.8 Å². The van der Waals surface area contributed by atoms with Crippen LogP contribution in [0.15, 0.2) is 23.5 Å². The smallest absolute Gasteiger partial charge is 0.373 e. The number of allylic oxidation sites excluding steroid dienone is 3. The summed E-state index contributed by atoms with van der Waals surface area (Å²) in [6.07, 6.45) is -39.2. The second kappa shape index (κ2) is 9.11. The van der Waals surface area contributed by atoms with Gasteiger partial charge in [0.25, 0.3) is 11.2 Å². The minimum atomic E-state index is -8.26. The Kier molecular flexibility index (Phi) is 7.61. The fourth-order valence-corrected chi connectivity index (χ4v) is 3.98. The van der Waals surface area contributed by atoms with Crippen molar-refractivity contribution in [2.45, 2.75) is 42.1 Å². The molecule has 0 fully saturated rings. The van der Waals surface area contributed by atoms with E-state index in [1.54, 1.807) is 0 Å². The van der Waals surface area contributed by atoms with E-state index in [4.69, 9.17) is 0 Å². The van der Waals surface area contributed by atoms with Crippen LogP contribution in [0.5, 0.6) is 0 Å². The number of rotatable bonds is 3. The van der Waals surface area contributed by atoms with Crippen LogP contribution in [0.1, 0.15) is 5.56 Å². The number of halogens is 20. The second-order valence-electron chi connectivity index (χ2n) is 7.78. The topological polar surface area (TPSA) is 40.5 Å². The van der Waals surface area contributed by atoms with Crippen LogP contribution in [0.25, 0.3) is 5.57 Å². The summed E-state index contributed by atoms with van der Waals surface area (Å²) < 4.78 is 277. The Hall–Kier alpha value is -2.78. The molecule has 1 aromatic rings. The molecule has 1 aliphatic rings. The highest BCUT2D eigenvalue weighted by Gasteiger charge is 2.97. The van der Waals surface area contributed by atoms with E-state index >= 15 is 8.78 Å². The lowest BCUT2D eigenvalue weighted by molar-refractivity contribution is -0.477. The van der Waals surface area contributed by atoms with E-state index in [1.807, 2.05) is 0 Å². The van der Waals surface area contributed by atoms with Crippen LogP contribution in [0.3, 0.4) is 0 Å². The van der Waals surface area contributed by atoms with Crippen molar-refractivity contribution < 1.29 is 98.0 Å². The zero-order valence-electron chi connectivity index (χ0n) is 17.6. The molecule has 228 valence electrons. The quantitative estimate of drug-likeness (QED) is 0.212. The van der Waals surface area contributed by atoms with Crippen LogP contribution >= 0.6 is 0 Å². The summed E-state index contributed by atoms with van der Waals surface area (Å²) in [5, 5.41) is 18.8. The Morgan fingerprint density at radius 1 is 0.575 bits per heavy atom. The minimum Gasteiger partial charge on any atom is -0.373 e. The average molecular weight is 632 g/mol. The van der Waals surface area contributed by atoms with Gasteiger partial charge in [0.15, 0.2) is 46.5 Å². The number of alkyl halides is 13. The molecule has 0 saturated heterocycles. The maximum atomic E-state index is 15.2. The number of aliphatic hydroxyl groups is 2. The lowest BCUT2D eigenvalue weighted by Gasteiger charge is -2.56. The fourth-order valence-electron chi connectivity index (χ4n) is 3.98. The van der Waals surface area contributed by atoms with Gasteiger partial charge >= 0.3 is 24.7 Å².